The molecule has 1 aromatic carbocycles. The average Bonchev–Trinajstić information content (AvgIpc) is 3.04. The van der Waals surface area contributed by atoms with Crippen LogP contribution in [0.25, 0.3) is 0 Å². The van der Waals surface area contributed by atoms with Crippen molar-refractivity contribution < 1.29 is 18.8 Å². The van der Waals surface area contributed by atoms with E-state index in [4.69, 9.17) is 4.52 Å². The quantitative estimate of drug-likeness (QED) is 0.496. The Balaban J connectivity index is 1.73. The van der Waals surface area contributed by atoms with Gasteiger partial charge in [-0.3, -0.25) is 4.79 Å². The van der Waals surface area contributed by atoms with E-state index in [2.05, 4.69) is 20.2 Å². The lowest BCUT2D eigenvalue weighted by Crippen LogP contribution is -2.14. The molecule has 0 fully saturated rings. The molecule has 0 aliphatic rings. The van der Waals surface area contributed by atoms with Gasteiger partial charge in [-0.15, -0.1) is 11.8 Å². The van der Waals surface area contributed by atoms with Crippen molar-refractivity contribution in [1.29, 1.82) is 0 Å². The van der Waals surface area contributed by atoms with E-state index >= 15 is 0 Å². The van der Waals surface area contributed by atoms with Crippen LogP contribution >= 0.6 is 11.8 Å². The molecular formula is C20H19N3O4S. The van der Waals surface area contributed by atoms with Gasteiger partial charge in [-0.05, 0) is 50.2 Å². The van der Waals surface area contributed by atoms with Crippen molar-refractivity contribution >= 4 is 29.3 Å². The number of benzene rings is 1. The molecule has 0 saturated carbocycles. The molecule has 3 rings (SSSR count). The number of pyridine rings is 1. The van der Waals surface area contributed by atoms with Gasteiger partial charge < -0.3 is 14.6 Å². The van der Waals surface area contributed by atoms with Crippen LogP contribution in [0, 0.1) is 13.8 Å². The van der Waals surface area contributed by atoms with Gasteiger partial charge in [0, 0.05) is 23.2 Å². The second kappa shape index (κ2) is 8.71. The van der Waals surface area contributed by atoms with Gasteiger partial charge in [-0.1, -0.05) is 5.16 Å². The second-order valence-electron chi connectivity index (χ2n) is 5.97. The SMILES string of the molecule is COC(=O)c1ccc(NC(=O)c2cccnc2SCc2c(C)noc2C)cc1. The number of rotatable bonds is 6. The topological polar surface area (TPSA) is 94.3 Å². The minimum Gasteiger partial charge on any atom is -0.465 e. The predicted molar refractivity (Wildman–Crippen MR) is 106 cm³/mol. The van der Waals surface area contributed by atoms with E-state index in [1.54, 1.807) is 42.6 Å². The average molecular weight is 397 g/mol. The molecule has 0 aliphatic heterocycles. The Morgan fingerprint density at radius 2 is 1.93 bits per heavy atom. The summed E-state index contributed by atoms with van der Waals surface area (Å²) in [5.41, 5.74) is 3.29. The summed E-state index contributed by atoms with van der Waals surface area (Å²) >= 11 is 1.45. The largest absolute Gasteiger partial charge is 0.465 e. The molecule has 0 atom stereocenters. The molecule has 7 nitrogen and oxygen atoms in total. The Bertz CT molecular complexity index is 979. The van der Waals surface area contributed by atoms with Crippen LogP contribution in [0.5, 0.6) is 0 Å². The van der Waals surface area contributed by atoms with Crippen molar-refractivity contribution in [3.8, 4) is 0 Å². The van der Waals surface area contributed by atoms with E-state index in [9.17, 15) is 9.59 Å². The van der Waals surface area contributed by atoms with Crippen LogP contribution in [-0.2, 0) is 10.5 Å². The molecular weight excluding hydrogens is 378 g/mol. The zero-order valence-corrected chi connectivity index (χ0v) is 16.5. The van der Waals surface area contributed by atoms with Crippen LogP contribution in [0.1, 0.15) is 37.7 Å². The summed E-state index contributed by atoms with van der Waals surface area (Å²) in [6.45, 7) is 3.75. The first-order chi connectivity index (χ1) is 13.5. The third-order valence-corrected chi connectivity index (χ3v) is 5.15. The number of methoxy groups -OCH3 is 1. The minimum atomic E-state index is -0.428. The summed E-state index contributed by atoms with van der Waals surface area (Å²) in [6, 6.07) is 9.93. The third-order valence-electron chi connectivity index (χ3n) is 4.11. The summed E-state index contributed by atoms with van der Waals surface area (Å²) in [4.78, 5) is 28.6. The van der Waals surface area contributed by atoms with Gasteiger partial charge in [0.15, 0.2) is 0 Å². The molecule has 1 amide bonds. The number of hydrogen-bond donors (Lipinski definition) is 1. The van der Waals surface area contributed by atoms with Crippen LogP contribution in [0.3, 0.4) is 0 Å². The highest BCUT2D eigenvalue weighted by molar-refractivity contribution is 7.98. The monoisotopic (exact) mass is 397 g/mol. The first-order valence-corrected chi connectivity index (χ1v) is 9.47. The highest BCUT2D eigenvalue weighted by atomic mass is 32.2. The predicted octanol–water partition coefficient (Wildman–Crippen LogP) is 4.02. The number of hydrogen-bond acceptors (Lipinski definition) is 7. The van der Waals surface area contributed by atoms with Crippen molar-refractivity contribution in [2.45, 2.75) is 24.6 Å². The molecule has 2 heterocycles. The van der Waals surface area contributed by atoms with Gasteiger partial charge in [0.2, 0.25) is 0 Å². The fourth-order valence-corrected chi connectivity index (χ4v) is 3.68. The number of nitrogens with one attached hydrogen (secondary N) is 1. The summed E-state index contributed by atoms with van der Waals surface area (Å²) in [5.74, 6) is 0.660. The number of esters is 1. The van der Waals surface area contributed by atoms with E-state index in [1.807, 2.05) is 13.8 Å². The number of aromatic nitrogens is 2. The number of amides is 1. The molecule has 28 heavy (non-hydrogen) atoms. The summed E-state index contributed by atoms with van der Waals surface area (Å²) < 4.78 is 9.85. The maximum atomic E-state index is 12.7. The van der Waals surface area contributed by atoms with Crippen molar-refractivity contribution in [2.75, 3.05) is 12.4 Å². The molecule has 0 saturated heterocycles. The van der Waals surface area contributed by atoms with Gasteiger partial charge in [-0.2, -0.15) is 0 Å². The third kappa shape index (κ3) is 4.40. The standard InChI is InChI=1S/C20H19N3O4S/c1-12-17(13(2)27-23-12)11-28-19-16(5-4-10-21-19)18(24)22-15-8-6-14(7-9-15)20(25)26-3/h4-10H,11H2,1-3H3,(H,22,24). The fourth-order valence-electron chi connectivity index (χ4n) is 2.53. The van der Waals surface area contributed by atoms with Crippen LogP contribution in [0.4, 0.5) is 5.69 Å². The smallest absolute Gasteiger partial charge is 0.337 e. The van der Waals surface area contributed by atoms with E-state index in [1.165, 1.54) is 18.9 Å². The lowest BCUT2D eigenvalue weighted by atomic mass is 10.2. The van der Waals surface area contributed by atoms with Crippen LogP contribution < -0.4 is 5.32 Å². The fraction of sp³-hybridized carbons (Fsp3) is 0.200. The van der Waals surface area contributed by atoms with Gasteiger partial charge in [0.25, 0.3) is 5.91 Å². The number of carbonyl (C=O) groups is 2. The Morgan fingerprint density at radius 1 is 1.18 bits per heavy atom. The second-order valence-corrected chi connectivity index (χ2v) is 6.93. The molecule has 0 bridgehead atoms. The molecule has 8 heteroatoms. The Hall–Kier alpha value is -3.13. The molecule has 3 aromatic rings. The lowest BCUT2D eigenvalue weighted by molar-refractivity contribution is 0.0600. The van der Waals surface area contributed by atoms with Gasteiger partial charge in [0.1, 0.15) is 10.8 Å². The molecule has 0 aliphatic carbocycles. The summed E-state index contributed by atoms with van der Waals surface area (Å²) in [7, 11) is 1.32. The van der Waals surface area contributed by atoms with Gasteiger partial charge in [-0.25, -0.2) is 9.78 Å². The van der Waals surface area contributed by atoms with Crippen LogP contribution in [-0.4, -0.2) is 29.1 Å². The van der Waals surface area contributed by atoms with Gasteiger partial charge in [0.05, 0.1) is 23.9 Å². The van der Waals surface area contributed by atoms with Crippen LogP contribution in [0.15, 0.2) is 52.1 Å². The first-order valence-electron chi connectivity index (χ1n) is 8.49. The van der Waals surface area contributed by atoms with Crippen molar-refractivity contribution in [2.24, 2.45) is 0 Å². The van der Waals surface area contributed by atoms with Crippen molar-refractivity contribution in [1.82, 2.24) is 10.1 Å². The summed E-state index contributed by atoms with van der Waals surface area (Å²) in [6.07, 6.45) is 1.65. The molecule has 0 unspecified atom stereocenters. The van der Waals surface area contributed by atoms with Gasteiger partial charge >= 0.3 is 5.97 Å². The highest BCUT2D eigenvalue weighted by Gasteiger charge is 2.16. The Kier molecular flexibility index (Phi) is 6.10. The molecule has 1 N–H and O–H groups in total. The molecule has 0 radical (unpaired) electrons. The summed E-state index contributed by atoms with van der Waals surface area (Å²) in [5, 5.41) is 7.39. The van der Waals surface area contributed by atoms with Crippen molar-refractivity contribution in [3.63, 3.8) is 0 Å². The number of aryl methyl sites for hydroxylation is 2. The number of anilines is 1. The zero-order chi connectivity index (χ0) is 20.1. The molecule has 2 aromatic heterocycles. The molecule has 0 spiro atoms. The normalized spacial score (nSPS) is 10.5. The minimum absolute atomic E-state index is 0.278. The maximum Gasteiger partial charge on any atom is 0.337 e. The van der Waals surface area contributed by atoms with Crippen molar-refractivity contribution in [3.05, 3.63) is 70.7 Å². The van der Waals surface area contributed by atoms with E-state index in [-0.39, 0.29) is 5.91 Å². The van der Waals surface area contributed by atoms with E-state index < -0.39 is 5.97 Å². The molecule has 144 valence electrons. The number of carbonyl (C=O) groups excluding carboxylic acids is 2. The van der Waals surface area contributed by atoms with E-state index in [0.717, 1.165) is 17.0 Å². The Morgan fingerprint density at radius 3 is 2.57 bits per heavy atom. The number of ether oxygens (including phenoxy) is 1. The maximum absolute atomic E-state index is 12.7. The first kappa shape index (κ1) is 19.6. The highest BCUT2D eigenvalue weighted by Crippen LogP contribution is 2.27. The Labute approximate surface area is 166 Å². The number of thioether (sulfide) groups is 1. The zero-order valence-electron chi connectivity index (χ0n) is 15.7. The van der Waals surface area contributed by atoms with E-state index in [0.29, 0.717) is 27.6 Å². The lowest BCUT2D eigenvalue weighted by Gasteiger charge is -2.09. The van der Waals surface area contributed by atoms with Crippen LogP contribution in [0.2, 0.25) is 0 Å². The number of nitrogens with zero attached hydrogens (tertiary/aromatic N) is 2.